The van der Waals surface area contributed by atoms with Crippen LogP contribution in [0.5, 0.6) is 11.5 Å². The largest absolute Gasteiger partial charge is 0.491 e. The van der Waals surface area contributed by atoms with E-state index in [0.717, 1.165) is 16.9 Å². The molecule has 0 radical (unpaired) electrons. The molecule has 0 saturated carbocycles. The van der Waals surface area contributed by atoms with Crippen molar-refractivity contribution in [1.82, 2.24) is 10.3 Å². The Labute approximate surface area is 144 Å². The van der Waals surface area contributed by atoms with Crippen LogP contribution in [0.25, 0.3) is 0 Å². The van der Waals surface area contributed by atoms with Crippen molar-refractivity contribution in [1.29, 1.82) is 0 Å². The second-order valence-electron chi connectivity index (χ2n) is 5.34. The summed E-state index contributed by atoms with van der Waals surface area (Å²) in [6.07, 6.45) is 1.29. The Balaban J connectivity index is 1.73. The molecule has 1 aromatic heterocycles. The molecule has 8 heteroatoms. The normalized spacial score (nSPS) is 10.2. The molecule has 2 aromatic rings. The van der Waals surface area contributed by atoms with Crippen LogP contribution in [-0.2, 0) is 4.79 Å². The van der Waals surface area contributed by atoms with E-state index < -0.39 is 16.6 Å². The fraction of sp³-hybridized carbons (Fsp3) is 0.294. The summed E-state index contributed by atoms with van der Waals surface area (Å²) in [5, 5.41) is 13.4. The second kappa shape index (κ2) is 8.62. The Morgan fingerprint density at radius 2 is 2.04 bits per heavy atom. The van der Waals surface area contributed by atoms with Gasteiger partial charge in [0, 0.05) is 0 Å². The van der Waals surface area contributed by atoms with E-state index in [1.807, 2.05) is 32.0 Å². The van der Waals surface area contributed by atoms with Crippen LogP contribution >= 0.6 is 0 Å². The molecule has 132 valence electrons. The molecule has 0 aliphatic heterocycles. The number of carbonyl (C=O) groups excluding carboxylic acids is 1. The molecule has 0 atom stereocenters. The lowest BCUT2D eigenvalue weighted by Crippen LogP contribution is -2.32. The zero-order chi connectivity index (χ0) is 18.2. The number of nitrogens with one attached hydrogen (secondary N) is 1. The average Bonchev–Trinajstić information content (AvgIpc) is 2.58. The van der Waals surface area contributed by atoms with E-state index in [0.29, 0.717) is 13.2 Å². The van der Waals surface area contributed by atoms with Gasteiger partial charge in [0.15, 0.2) is 6.61 Å². The van der Waals surface area contributed by atoms with Crippen LogP contribution in [0.2, 0.25) is 0 Å². The molecule has 0 spiro atoms. The standard InChI is InChI=1S/C17H19N3O5/c1-12-5-6-14(13(2)10-12)24-9-8-18-16(21)11-25-15-4-3-7-19-17(15)20(22)23/h3-7,10H,8-9,11H2,1-2H3,(H,18,21). The van der Waals surface area contributed by atoms with E-state index in [1.165, 1.54) is 18.3 Å². The fourth-order valence-corrected chi connectivity index (χ4v) is 2.14. The molecule has 8 nitrogen and oxygen atoms in total. The van der Waals surface area contributed by atoms with Crippen molar-refractivity contribution < 1.29 is 19.2 Å². The Hall–Kier alpha value is -3.16. The smallest absolute Gasteiger partial charge is 0.406 e. The molecule has 0 saturated heterocycles. The van der Waals surface area contributed by atoms with Crippen molar-refractivity contribution in [2.75, 3.05) is 19.8 Å². The highest BCUT2D eigenvalue weighted by Crippen LogP contribution is 2.22. The van der Waals surface area contributed by atoms with Gasteiger partial charge >= 0.3 is 5.82 Å². The van der Waals surface area contributed by atoms with Crippen LogP contribution in [0.3, 0.4) is 0 Å². The lowest BCUT2D eigenvalue weighted by Gasteiger charge is -2.11. The van der Waals surface area contributed by atoms with Gasteiger partial charge in [-0.1, -0.05) is 17.7 Å². The van der Waals surface area contributed by atoms with E-state index in [9.17, 15) is 14.9 Å². The second-order valence-corrected chi connectivity index (χ2v) is 5.34. The molecule has 0 aliphatic carbocycles. The fourth-order valence-electron chi connectivity index (χ4n) is 2.14. The van der Waals surface area contributed by atoms with Gasteiger partial charge < -0.3 is 24.9 Å². The third-order valence-corrected chi connectivity index (χ3v) is 3.29. The summed E-state index contributed by atoms with van der Waals surface area (Å²) in [6.45, 7) is 4.22. The van der Waals surface area contributed by atoms with Gasteiger partial charge in [0.1, 0.15) is 18.6 Å². The number of hydrogen-bond acceptors (Lipinski definition) is 6. The third kappa shape index (κ3) is 5.45. The van der Waals surface area contributed by atoms with Crippen molar-refractivity contribution in [2.45, 2.75) is 13.8 Å². The zero-order valence-corrected chi connectivity index (χ0v) is 14.0. The van der Waals surface area contributed by atoms with Crippen LogP contribution in [0.4, 0.5) is 5.82 Å². The van der Waals surface area contributed by atoms with Gasteiger partial charge in [-0.3, -0.25) is 4.79 Å². The highest BCUT2D eigenvalue weighted by Gasteiger charge is 2.16. The number of carbonyl (C=O) groups is 1. The van der Waals surface area contributed by atoms with E-state index in [1.54, 1.807) is 0 Å². The van der Waals surface area contributed by atoms with E-state index >= 15 is 0 Å². The first-order valence-corrected chi connectivity index (χ1v) is 7.66. The molecule has 0 fully saturated rings. The molecule has 2 rings (SSSR count). The molecule has 25 heavy (non-hydrogen) atoms. The maximum Gasteiger partial charge on any atom is 0.406 e. The third-order valence-electron chi connectivity index (χ3n) is 3.29. The van der Waals surface area contributed by atoms with Crippen molar-refractivity contribution in [3.8, 4) is 11.5 Å². The van der Waals surface area contributed by atoms with Gasteiger partial charge in [-0.2, -0.15) is 0 Å². The van der Waals surface area contributed by atoms with Crippen molar-refractivity contribution >= 4 is 11.7 Å². The minimum atomic E-state index is -0.662. The Kier molecular flexibility index (Phi) is 6.27. The number of aryl methyl sites for hydroxylation is 2. The minimum absolute atomic E-state index is 0.0471. The molecule has 0 unspecified atom stereocenters. The number of rotatable bonds is 8. The van der Waals surface area contributed by atoms with Gasteiger partial charge in [-0.05, 0) is 47.5 Å². The number of nitrogens with zero attached hydrogens (tertiary/aromatic N) is 2. The number of ether oxygens (including phenoxy) is 2. The number of pyridine rings is 1. The first-order chi connectivity index (χ1) is 12.0. The maximum atomic E-state index is 11.7. The Bertz CT molecular complexity index is 764. The number of amides is 1. The van der Waals surface area contributed by atoms with E-state index in [-0.39, 0.29) is 12.4 Å². The first-order valence-electron chi connectivity index (χ1n) is 7.66. The average molecular weight is 345 g/mol. The molecular weight excluding hydrogens is 326 g/mol. The summed E-state index contributed by atoms with van der Waals surface area (Å²) in [5.74, 6) is -0.105. The number of hydrogen-bond donors (Lipinski definition) is 1. The topological polar surface area (TPSA) is 104 Å². The molecule has 1 aromatic carbocycles. The number of nitro groups is 1. The van der Waals surface area contributed by atoms with Crippen molar-refractivity contribution in [3.05, 3.63) is 57.8 Å². The van der Waals surface area contributed by atoms with Gasteiger partial charge in [0.2, 0.25) is 5.75 Å². The van der Waals surface area contributed by atoms with Crippen LogP contribution in [0, 0.1) is 24.0 Å². The molecule has 1 heterocycles. The Morgan fingerprint density at radius 3 is 2.76 bits per heavy atom. The molecule has 1 amide bonds. The van der Waals surface area contributed by atoms with Crippen LogP contribution in [-0.4, -0.2) is 35.6 Å². The van der Waals surface area contributed by atoms with E-state index in [2.05, 4.69) is 10.3 Å². The summed E-state index contributed by atoms with van der Waals surface area (Å²) in [7, 11) is 0. The molecule has 1 N–H and O–H groups in total. The summed E-state index contributed by atoms with van der Waals surface area (Å²) >= 11 is 0. The molecular formula is C17H19N3O5. The van der Waals surface area contributed by atoms with Crippen molar-refractivity contribution in [3.63, 3.8) is 0 Å². The number of aromatic nitrogens is 1. The first kappa shape index (κ1) is 18.2. The van der Waals surface area contributed by atoms with Crippen molar-refractivity contribution in [2.24, 2.45) is 0 Å². The molecule has 0 aliphatic rings. The Morgan fingerprint density at radius 1 is 1.24 bits per heavy atom. The summed E-state index contributed by atoms with van der Waals surface area (Å²) in [6, 6.07) is 8.74. The summed E-state index contributed by atoms with van der Waals surface area (Å²) in [5.41, 5.74) is 2.18. The van der Waals surface area contributed by atoms with Crippen LogP contribution in [0.1, 0.15) is 11.1 Å². The number of benzene rings is 1. The quantitative estimate of drug-likeness (QED) is 0.447. The van der Waals surface area contributed by atoms with Crippen LogP contribution < -0.4 is 14.8 Å². The van der Waals surface area contributed by atoms with Gasteiger partial charge in [-0.25, -0.2) is 0 Å². The monoisotopic (exact) mass is 345 g/mol. The maximum absolute atomic E-state index is 11.7. The van der Waals surface area contributed by atoms with Gasteiger partial charge in [0.25, 0.3) is 5.91 Å². The highest BCUT2D eigenvalue weighted by atomic mass is 16.6. The summed E-state index contributed by atoms with van der Waals surface area (Å²) < 4.78 is 10.8. The highest BCUT2D eigenvalue weighted by molar-refractivity contribution is 5.77. The van der Waals surface area contributed by atoms with Gasteiger partial charge in [0.05, 0.1) is 6.54 Å². The lowest BCUT2D eigenvalue weighted by molar-refractivity contribution is -0.390. The minimum Gasteiger partial charge on any atom is -0.491 e. The zero-order valence-electron chi connectivity index (χ0n) is 14.0. The van der Waals surface area contributed by atoms with Gasteiger partial charge in [-0.15, -0.1) is 0 Å². The predicted molar refractivity (Wildman–Crippen MR) is 90.8 cm³/mol. The van der Waals surface area contributed by atoms with E-state index in [4.69, 9.17) is 9.47 Å². The summed E-state index contributed by atoms with van der Waals surface area (Å²) in [4.78, 5) is 25.5. The van der Waals surface area contributed by atoms with Crippen LogP contribution in [0.15, 0.2) is 36.5 Å². The predicted octanol–water partition coefficient (Wildman–Crippen LogP) is 2.18. The lowest BCUT2D eigenvalue weighted by atomic mass is 10.1. The molecule has 0 bridgehead atoms. The SMILES string of the molecule is Cc1ccc(OCCNC(=O)COc2cccnc2[N+](=O)[O-])c(C)c1.